The van der Waals surface area contributed by atoms with E-state index in [1.807, 2.05) is 4.90 Å². The van der Waals surface area contributed by atoms with Gasteiger partial charge in [0.25, 0.3) is 5.91 Å². The number of aromatic amines is 1. The normalized spacial score (nSPS) is 23.7. The molecule has 3 aliphatic rings. The van der Waals surface area contributed by atoms with Gasteiger partial charge in [-0.25, -0.2) is 9.78 Å². The predicted molar refractivity (Wildman–Crippen MR) is 129 cm³/mol. The van der Waals surface area contributed by atoms with Crippen LogP contribution in [0.2, 0.25) is 10.0 Å². The van der Waals surface area contributed by atoms with Crippen molar-refractivity contribution in [3.8, 4) is 0 Å². The number of thiazole rings is 1. The largest absolute Gasteiger partial charge is 0.477 e. The Balaban J connectivity index is 1.21. The molecule has 0 bridgehead atoms. The van der Waals surface area contributed by atoms with E-state index in [0.717, 1.165) is 43.7 Å². The van der Waals surface area contributed by atoms with Crippen LogP contribution in [0.25, 0.3) is 0 Å². The monoisotopic (exact) mass is 525 g/mol. The zero-order chi connectivity index (χ0) is 24.1. The molecule has 9 nitrogen and oxygen atoms in total. The molecule has 1 aliphatic carbocycles. The molecule has 3 N–H and O–H groups in total. The van der Waals surface area contributed by atoms with Crippen molar-refractivity contribution in [2.75, 3.05) is 31.1 Å². The lowest BCUT2D eigenvalue weighted by Gasteiger charge is -2.26. The maximum Gasteiger partial charge on any atom is 0.347 e. The number of amides is 2. The van der Waals surface area contributed by atoms with Crippen LogP contribution in [0.15, 0.2) is 0 Å². The van der Waals surface area contributed by atoms with E-state index in [4.69, 9.17) is 23.2 Å². The number of carboxylic acid groups (broad SMARTS) is 1. The van der Waals surface area contributed by atoms with Gasteiger partial charge >= 0.3 is 5.97 Å². The van der Waals surface area contributed by atoms with Gasteiger partial charge in [0.15, 0.2) is 5.13 Å². The van der Waals surface area contributed by atoms with Crippen molar-refractivity contribution in [1.29, 1.82) is 0 Å². The minimum Gasteiger partial charge on any atom is -0.477 e. The van der Waals surface area contributed by atoms with Crippen LogP contribution >= 0.6 is 34.5 Å². The summed E-state index contributed by atoms with van der Waals surface area (Å²) in [6, 6.07) is 0.0289. The molecular weight excluding hydrogens is 501 g/mol. The summed E-state index contributed by atoms with van der Waals surface area (Å²) in [7, 11) is 0. The SMILES string of the molecule is Cc1[nH]c(C(=O)NC2[C@H]3CN(c4nc(CC(=O)N5CCCCC5)c(C(=O)O)s4)C[C@@H]23)c(Cl)c1Cl. The van der Waals surface area contributed by atoms with Gasteiger partial charge in [-0.3, -0.25) is 9.59 Å². The Labute approximate surface area is 210 Å². The predicted octanol–water partition coefficient (Wildman–Crippen LogP) is 3.20. The summed E-state index contributed by atoms with van der Waals surface area (Å²) in [5.41, 5.74) is 1.24. The molecule has 2 amide bonds. The lowest BCUT2D eigenvalue weighted by molar-refractivity contribution is -0.131. The zero-order valence-corrected chi connectivity index (χ0v) is 20.9. The number of piperidine rings is 2. The van der Waals surface area contributed by atoms with Crippen LogP contribution in [-0.4, -0.2) is 70.0 Å². The Kier molecular flexibility index (Phi) is 6.24. The molecule has 3 atom stereocenters. The maximum absolute atomic E-state index is 12.7. The van der Waals surface area contributed by atoms with Crippen LogP contribution in [0, 0.1) is 18.8 Å². The molecule has 34 heavy (non-hydrogen) atoms. The molecule has 0 radical (unpaired) electrons. The van der Waals surface area contributed by atoms with Gasteiger partial charge in [-0.2, -0.15) is 0 Å². The molecule has 2 saturated heterocycles. The minimum atomic E-state index is -1.06. The van der Waals surface area contributed by atoms with Crippen LogP contribution in [0.4, 0.5) is 5.13 Å². The summed E-state index contributed by atoms with van der Waals surface area (Å²) in [6.45, 7) is 4.53. The highest BCUT2D eigenvalue weighted by Gasteiger charge is 2.57. The first-order valence-corrected chi connectivity index (χ1v) is 12.9. The molecule has 0 aromatic carbocycles. The average molecular weight is 526 g/mol. The Morgan fingerprint density at radius 3 is 2.41 bits per heavy atom. The number of carboxylic acids is 1. The van der Waals surface area contributed by atoms with Crippen LogP contribution in [0.5, 0.6) is 0 Å². The van der Waals surface area contributed by atoms with Gasteiger partial charge in [-0.1, -0.05) is 34.5 Å². The first-order valence-electron chi connectivity index (χ1n) is 11.3. The number of rotatable bonds is 6. The summed E-state index contributed by atoms with van der Waals surface area (Å²) >= 11 is 13.3. The number of carbonyl (C=O) groups excluding carboxylic acids is 2. The van der Waals surface area contributed by atoms with Crippen molar-refractivity contribution in [3.63, 3.8) is 0 Å². The molecule has 1 unspecified atom stereocenters. The lowest BCUT2D eigenvalue weighted by Crippen LogP contribution is -2.37. The molecule has 2 aromatic heterocycles. The van der Waals surface area contributed by atoms with Gasteiger partial charge in [0.2, 0.25) is 5.91 Å². The summed E-state index contributed by atoms with van der Waals surface area (Å²) in [5, 5.41) is 13.9. The third-order valence-electron chi connectivity index (χ3n) is 6.95. The second kappa shape index (κ2) is 9.05. The molecule has 182 valence electrons. The highest BCUT2D eigenvalue weighted by atomic mass is 35.5. The summed E-state index contributed by atoms with van der Waals surface area (Å²) in [5.74, 6) is -0.900. The van der Waals surface area contributed by atoms with Crippen LogP contribution in [0.3, 0.4) is 0 Å². The Morgan fingerprint density at radius 1 is 1.15 bits per heavy atom. The van der Waals surface area contributed by atoms with Crippen molar-refractivity contribution in [1.82, 2.24) is 20.2 Å². The van der Waals surface area contributed by atoms with Crippen LogP contribution < -0.4 is 10.2 Å². The minimum absolute atomic E-state index is 0.0103. The van der Waals surface area contributed by atoms with E-state index in [9.17, 15) is 19.5 Å². The molecule has 1 saturated carbocycles. The van der Waals surface area contributed by atoms with Crippen molar-refractivity contribution in [2.45, 2.75) is 38.6 Å². The number of nitrogens with one attached hydrogen (secondary N) is 2. The van der Waals surface area contributed by atoms with E-state index in [1.165, 1.54) is 0 Å². The fourth-order valence-corrected chi connectivity index (χ4v) is 6.36. The van der Waals surface area contributed by atoms with Gasteiger partial charge < -0.3 is 25.2 Å². The van der Waals surface area contributed by atoms with E-state index >= 15 is 0 Å². The number of aromatic nitrogens is 2. The number of likely N-dealkylation sites (tertiary alicyclic amines) is 1. The van der Waals surface area contributed by atoms with Crippen molar-refractivity contribution < 1.29 is 19.5 Å². The topological polar surface area (TPSA) is 119 Å². The number of aryl methyl sites for hydroxylation is 1. The van der Waals surface area contributed by atoms with Gasteiger partial charge in [-0.05, 0) is 26.2 Å². The Hall–Kier alpha value is -2.30. The second-order valence-electron chi connectivity index (χ2n) is 9.18. The summed E-state index contributed by atoms with van der Waals surface area (Å²) in [6.07, 6.45) is 3.10. The van der Waals surface area contributed by atoms with Crippen molar-refractivity contribution in [2.24, 2.45) is 11.8 Å². The number of nitrogens with zero attached hydrogens (tertiary/aromatic N) is 3. The number of fused-ring (bicyclic) bond motifs is 1. The van der Waals surface area contributed by atoms with Crippen LogP contribution in [-0.2, 0) is 11.2 Å². The number of carbonyl (C=O) groups is 3. The number of halogens is 2. The molecule has 3 fully saturated rings. The highest BCUT2D eigenvalue weighted by Crippen LogP contribution is 2.48. The summed E-state index contributed by atoms with van der Waals surface area (Å²) in [4.78, 5) is 48.5. The number of hydrogen-bond donors (Lipinski definition) is 3. The zero-order valence-electron chi connectivity index (χ0n) is 18.6. The van der Waals surface area contributed by atoms with Crippen molar-refractivity contribution >= 4 is 57.5 Å². The lowest BCUT2D eigenvalue weighted by atomic mass is 10.1. The van der Waals surface area contributed by atoms with Gasteiger partial charge in [-0.15, -0.1) is 0 Å². The molecule has 12 heteroatoms. The molecule has 0 spiro atoms. The quantitative estimate of drug-likeness (QED) is 0.532. The fourth-order valence-electron chi connectivity index (χ4n) is 5.01. The first-order chi connectivity index (χ1) is 16.2. The third-order valence-corrected chi connectivity index (χ3v) is 9.04. The Morgan fingerprint density at radius 2 is 1.82 bits per heavy atom. The standard InChI is InChI=1S/C22H25Cl2N5O4S/c1-10-15(23)16(24)18(25-10)20(31)27-17-11-8-29(9-12(11)17)22-26-13(19(34-22)21(32)33)7-14(30)28-5-3-2-4-6-28/h11-12,17,25H,2-9H2,1H3,(H,27,31)(H,32,33)/t11-,12+,17?. The number of H-pyrrole nitrogens is 1. The molecule has 5 rings (SSSR count). The van der Waals surface area contributed by atoms with E-state index in [-0.39, 0.29) is 51.7 Å². The van der Waals surface area contributed by atoms with E-state index in [0.29, 0.717) is 34.6 Å². The number of anilines is 1. The van der Waals surface area contributed by atoms with Gasteiger partial charge in [0.05, 0.1) is 22.2 Å². The van der Waals surface area contributed by atoms with E-state index in [1.54, 1.807) is 11.8 Å². The fraction of sp³-hybridized carbons (Fsp3) is 0.545. The Bertz CT molecular complexity index is 1150. The van der Waals surface area contributed by atoms with Gasteiger partial charge in [0, 0.05) is 49.8 Å². The van der Waals surface area contributed by atoms with E-state index in [2.05, 4.69) is 15.3 Å². The van der Waals surface area contributed by atoms with E-state index < -0.39 is 5.97 Å². The van der Waals surface area contributed by atoms with Gasteiger partial charge in [0.1, 0.15) is 10.6 Å². The third kappa shape index (κ3) is 4.27. The number of aromatic carboxylic acids is 1. The van der Waals surface area contributed by atoms with Crippen molar-refractivity contribution in [3.05, 3.63) is 32.0 Å². The average Bonchev–Trinajstić information content (AvgIpc) is 3.19. The molecule has 2 aliphatic heterocycles. The maximum atomic E-state index is 12.7. The number of hydrogen-bond acceptors (Lipinski definition) is 6. The summed E-state index contributed by atoms with van der Waals surface area (Å²) < 4.78 is 0. The smallest absolute Gasteiger partial charge is 0.347 e. The molecular formula is C22H25Cl2N5O4S. The first kappa shape index (κ1) is 23.4. The molecule has 2 aromatic rings. The second-order valence-corrected chi connectivity index (χ2v) is 10.9. The van der Waals surface area contributed by atoms with Crippen LogP contribution in [0.1, 0.15) is 50.8 Å². The highest BCUT2D eigenvalue weighted by molar-refractivity contribution is 7.17. The molecule has 4 heterocycles.